The number of hydrogen-bond acceptors (Lipinski definition) is 5. The highest BCUT2D eigenvalue weighted by Gasteiger charge is 2.18. The van der Waals surface area contributed by atoms with Crippen LogP contribution in [0, 0.1) is 0 Å². The normalized spacial score (nSPS) is 16.5. The summed E-state index contributed by atoms with van der Waals surface area (Å²) in [5.41, 5.74) is 0.962. The summed E-state index contributed by atoms with van der Waals surface area (Å²) in [5, 5.41) is 9.69. The second-order valence-electron chi connectivity index (χ2n) is 4.67. The molecule has 2 rings (SSSR count). The van der Waals surface area contributed by atoms with Gasteiger partial charge in [-0.25, -0.2) is 9.78 Å². The lowest BCUT2D eigenvalue weighted by atomic mass is 10.1. The van der Waals surface area contributed by atoms with Crippen LogP contribution < -0.4 is 4.90 Å². The third-order valence-electron chi connectivity index (χ3n) is 2.88. The number of morpholine rings is 1. The van der Waals surface area contributed by atoms with Crippen LogP contribution in [0.5, 0.6) is 0 Å². The summed E-state index contributed by atoms with van der Waals surface area (Å²) >= 11 is 1.55. The number of aromatic nitrogens is 1. The molecule has 0 amide bonds. The van der Waals surface area contributed by atoms with Crippen LogP contribution in [0.3, 0.4) is 0 Å². The number of carboxylic acid groups (broad SMARTS) is 1. The first-order chi connectivity index (χ1) is 9.08. The number of thiazole rings is 1. The summed E-state index contributed by atoms with van der Waals surface area (Å²) in [4.78, 5) is 18.4. The lowest BCUT2D eigenvalue weighted by molar-refractivity contribution is -0.131. The van der Waals surface area contributed by atoms with Gasteiger partial charge in [-0.3, -0.25) is 0 Å². The Hall–Kier alpha value is -1.40. The zero-order valence-corrected chi connectivity index (χ0v) is 11.9. The maximum absolute atomic E-state index is 10.6. The van der Waals surface area contributed by atoms with Gasteiger partial charge in [0.2, 0.25) is 0 Å². The van der Waals surface area contributed by atoms with Crippen molar-refractivity contribution in [1.82, 2.24) is 4.98 Å². The molecule has 1 aromatic rings. The molecule has 0 radical (unpaired) electrons. The molecule has 0 saturated carbocycles. The van der Waals surface area contributed by atoms with Crippen LogP contribution in [0.2, 0.25) is 0 Å². The minimum Gasteiger partial charge on any atom is -0.478 e. The number of carboxylic acids is 1. The molecule has 2 heterocycles. The minimum atomic E-state index is -0.934. The predicted molar refractivity (Wildman–Crippen MR) is 75.9 cm³/mol. The van der Waals surface area contributed by atoms with Crippen LogP contribution >= 0.6 is 11.3 Å². The molecule has 0 aromatic carbocycles. The zero-order chi connectivity index (χ0) is 13.8. The van der Waals surface area contributed by atoms with E-state index in [2.05, 4.69) is 23.7 Å². The second kappa shape index (κ2) is 6.16. The first-order valence-electron chi connectivity index (χ1n) is 6.32. The average molecular weight is 282 g/mol. The monoisotopic (exact) mass is 282 g/mol. The molecule has 1 fully saturated rings. The third kappa shape index (κ3) is 3.54. The lowest BCUT2D eigenvalue weighted by Crippen LogP contribution is -2.36. The van der Waals surface area contributed by atoms with E-state index >= 15 is 0 Å². The van der Waals surface area contributed by atoms with Gasteiger partial charge in [-0.05, 0) is 12.0 Å². The Morgan fingerprint density at radius 1 is 1.47 bits per heavy atom. The van der Waals surface area contributed by atoms with E-state index in [0.29, 0.717) is 0 Å². The first kappa shape index (κ1) is 14.0. The van der Waals surface area contributed by atoms with E-state index < -0.39 is 5.97 Å². The van der Waals surface area contributed by atoms with Gasteiger partial charge in [-0.2, -0.15) is 0 Å². The van der Waals surface area contributed by atoms with Gasteiger partial charge in [0.15, 0.2) is 5.13 Å². The fraction of sp³-hybridized carbons (Fsp3) is 0.538. The maximum atomic E-state index is 10.6. The molecule has 1 aromatic heterocycles. The Morgan fingerprint density at radius 2 is 2.16 bits per heavy atom. The second-order valence-corrected chi connectivity index (χ2v) is 5.68. The van der Waals surface area contributed by atoms with Gasteiger partial charge in [-0.1, -0.05) is 25.2 Å². The highest BCUT2D eigenvalue weighted by Crippen LogP contribution is 2.32. The van der Waals surface area contributed by atoms with Gasteiger partial charge in [0.1, 0.15) is 0 Å². The molecule has 1 saturated heterocycles. The third-order valence-corrected chi connectivity index (χ3v) is 3.97. The van der Waals surface area contributed by atoms with Crippen LogP contribution in [0.15, 0.2) is 6.08 Å². The molecule has 5 nitrogen and oxygen atoms in total. The summed E-state index contributed by atoms with van der Waals surface area (Å²) in [6, 6.07) is 0. The molecule has 104 valence electrons. The molecular weight excluding hydrogens is 264 g/mol. The smallest absolute Gasteiger partial charge is 0.328 e. The number of rotatable bonds is 4. The molecule has 1 aliphatic heterocycles. The fourth-order valence-electron chi connectivity index (χ4n) is 1.90. The Balaban J connectivity index is 2.26. The van der Waals surface area contributed by atoms with Crippen molar-refractivity contribution in [1.29, 1.82) is 0 Å². The maximum Gasteiger partial charge on any atom is 0.328 e. The van der Waals surface area contributed by atoms with Gasteiger partial charge in [0.25, 0.3) is 0 Å². The van der Waals surface area contributed by atoms with Crippen molar-refractivity contribution in [2.24, 2.45) is 0 Å². The molecule has 1 N–H and O–H groups in total. The van der Waals surface area contributed by atoms with Crippen molar-refractivity contribution in [3.8, 4) is 0 Å². The number of hydrogen-bond donors (Lipinski definition) is 1. The Labute approximate surface area is 116 Å². The Morgan fingerprint density at radius 3 is 2.74 bits per heavy atom. The van der Waals surface area contributed by atoms with E-state index in [1.54, 1.807) is 17.4 Å². The van der Waals surface area contributed by atoms with Gasteiger partial charge < -0.3 is 14.7 Å². The number of ether oxygens (including phenoxy) is 1. The van der Waals surface area contributed by atoms with Gasteiger partial charge in [0, 0.05) is 19.2 Å². The van der Waals surface area contributed by atoms with E-state index in [4.69, 9.17) is 9.84 Å². The largest absolute Gasteiger partial charge is 0.478 e. The van der Waals surface area contributed by atoms with Crippen molar-refractivity contribution < 1.29 is 14.6 Å². The first-order valence-corrected chi connectivity index (χ1v) is 7.14. The van der Waals surface area contributed by atoms with Crippen LogP contribution in [0.1, 0.15) is 30.3 Å². The SMILES string of the molecule is CC(C)c1nc(N2CCOCC2)sc1/C=C/C(=O)O. The van der Waals surface area contributed by atoms with Crippen LogP contribution in [0.4, 0.5) is 5.13 Å². The van der Waals surface area contributed by atoms with Gasteiger partial charge >= 0.3 is 5.97 Å². The molecule has 0 spiro atoms. The summed E-state index contributed by atoms with van der Waals surface area (Å²) < 4.78 is 5.33. The summed E-state index contributed by atoms with van der Waals surface area (Å²) in [5.74, 6) is -0.657. The van der Waals surface area contributed by atoms with Gasteiger partial charge in [0.05, 0.1) is 23.8 Å². The van der Waals surface area contributed by atoms with Crippen LogP contribution in [-0.4, -0.2) is 42.4 Å². The zero-order valence-electron chi connectivity index (χ0n) is 11.1. The van der Waals surface area contributed by atoms with E-state index in [1.807, 2.05) is 0 Å². The Kier molecular flexibility index (Phi) is 4.55. The molecule has 1 aliphatic rings. The van der Waals surface area contributed by atoms with Crippen molar-refractivity contribution in [3.05, 3.63) is 16.6 Å². The number of carbonyl (C=O) groups is 1. The van der Waals surface area contributed by atoms with E-state index in [0.717, 1.165) is 42.0 Å². The molecule has 0 unspecified atom stereocenters. The molecule has 19 heavy (non-hydrogen) atoms. The van der Waals surface area contributed by atoms with E-state index in [9.17, 15) is 4.79 Å². The highest BCUT2D eigenvalue weighted by molar-refractivity contribution is 7.16. The van der Waals surface area contributed by atoms with Gasteiger partial charge in [-0.15, -0.1) is 0 Å². The van der Waals surface area contributed by atoms with E-state index in [-0.39, 0.29) is 5.92 Å². The lowest BCUT2D eigenvalue weighted by Gasteiger charge is -2.26. The van der Waals surface area contributed by atoms with E-state index in [1.165, 1.54) is 6.08 Å². The minimum absolute atomic E-state index is 0.277. The van der Waals surface area contributed by atoms with Crippen molar-refractivity contribution in [3.63, 3.8) is 0 Å². The molecule has 0 bridgehead atoms. The molecular formula is C13H18N2O3S. The number of anilines is 1. The standard InChI is InChI=1S/C13H18N2O3S/c1-9(2)12-10(3-4-11(16)17)19-13(14-12)15-5-7-18-8-6-15/h3-4,9H,5-8H2,1-2H3,(H,16,17)/b4-3+. The summed E-state index contributed by atoms with van der Waals surface area (Å²) in [7, 11) is 0. The van der Waals surface area contributed by atoms with Crippen LogP contribution in [0.25, 0.3) is 6.08 Å². The number of nitrogens with zero attached hydrogens (tertiary/aromatic N) is 2. The van der Waals surface area contributed by atoms with Crippen molar-refractivity contribution in [2.45, 2.75) is 19.8 Å². The fourth-order valence-corrected chi connectivity index (χ4v) is 3.08. The quantitative estimate of drug-likeness (QED) is 0.858. The topological polar surface area (TPSA) is 62.7 Å². The van der Waals surface area contributed by atoms with Crippen LogP contribution in [-0.2, 0) is 9.53 Å². The number of aliphatic carboxylic acids is 1. The Bertz CT molecular complexity index is 476. The van der Waals surface area contributed by atoms with Crippen molar-refractivity contribution in [2.75, 3.05) is 31.2 Å². The highest BCUT2D eigenvalue weighted by atomic mass is 32.1. The summed E-state index contributed by atoms with van der Waals surface area (Å²) in [6.45, 7) is 7.25. The molecule has 6 heteroatoms. The molecule has 0 atom stereocenters. The van der Waals surface area contributed by atoms with Crippen molar-refractivity contribution >= 4 is 28.5 Å². The molecule has 0 aliphatic carbocycles. The summed E-state index contributed by atoms with van der Waals surface area (Å²) in [6.07, 6.45) is 2.81. The predicted octanol–water partition coefficient (Wildman–Crippen LogP) is 2.20. The average Bonchev–Trinajstić information content (AvgIpc) is 2.81.